The zero-order valence-corrected chi connectivity index (χ0v) is 16.5. The second-order valence-corrected chi connectivity index (χ2v) is 8.77. The van der Waals surface area contributed by atoms with Gasteiger partial charge in [0.1, 0.15) is 0 Å². The SMILES string of the molecule is CCCC1(NC(=O)C(C)C)CCN(C(=O)C2Cc3cscc3C2)CC1. The number of likely N-dealkylation sites (tertiary alicyclic amines) is 1. The van der Waals surface area contributed by atoms with Crippen LogP contribution in [0.1, 0.15) is 57.6 Å². The molecule has 2 amide bonds. The molecule has 1 aliphatic carbocycles. The molecule has 3 rings (SSSR count). The van der Waals surface area contributed by atoms with Gasteiger partial charge in [-0.05, 0) is 54.0 Å². The van der Waals surface area contributed by atoms with Gasteiger partial charge in [-0.2, -0.15) is 11.3 Å². The van der Waals surface area contributed by atoms with Gasteiger partial charge < -0.3 is 10.2 Å². The molecule has 4 nitrogen and oxygen atoms in total. The van der Waals surface area contributed by atoms with Crippen molar-refractivity contribution in [1.82, 2.24) is 10.2 Å². The molecule has 0 spiro atoms. The lowest BCUT2D eigenvalue weighted by molar-refractivity contribution is -0.137. The minimum atomic E-state index is -0.124. The smallest absolute Gasteiger partial charge is 0.226 e. The van der Waals surface area contributed by atoms with Crippen molar-refractivity contribution in [3.05, 3.63) is 21.9 Å². The Labute approximate surface area is 155 Å². The van der Waals surface area contributed by atoms with E-state index in [-0.39, 0.29) is 23.3 Å². The standard InChI is InChI=1S/C20H30N2O2S/c1-4-5-20(21-18(23)14(2)3)6-8-22(9-7-20)19(24)15-10-16-12-25-13-17(16)11-15/h12-15H,4-11H2,1-3H3,(H,21,23). The van der Waals surface area contributed by atoms with Crippen LogP contribution in [0.15, 0.2) is 10.8 Å². The molecule has 0 atom stereocenters. The number of nitrogens with zero attached hydrogens (tertiary/aromatic N) is 1. The average molecular weight is 363 g/mol. The van der Waals surface area contributed by atoms with Crippen molar-refractivity contribution in [3.63, 3.8) is 0 Å². The predicted molar refractivity (Wildman–Crippen MR) is 102 cm³/mol. The van der Waals surface area contributed by atoms with E-state index in [0.717, 1.165) is 51.6 Å². The van der Waals surface area contributed by atoms with E-state index in [1.807, 2.05) is 18.7 Å². The number of carbonyl (C=O) groups excluding carboxylic acids is 2. The summed E-state index contributed by atoms with van der Waals surface area (Å²) in [6.45, 7) is 7.57. The van der Waals surface area contributed by atoms with Crippen LogP contribution in [0.2, 0.25) is 0 Å². The van der Waals surface area contributed by atoms with Crippen LogP contribution in [0.3, 0.4) is 0 Å². The van der Waals surface area contributed by atoms with Crippen molar-refractivity contribution in [1.29, 1.82) is 0 Å². The number of rotatable bonds is 5. The third kappa shape index (κ3) is 3.91. The highest BCUT2D eigenvalue weighted by Gasteiger charge is 2.39. The van der Waals surface area contributed by atoms with Gasteiger partial charge in [-0.15, -0.1) is 0 Å². The fraction of sp³-hybridized carbons (Fsp3) is 0.700. The van der Waals surface area contributed by atoms with Crippen molar-refractivity contribution in [2.24, 2.45) is 11.8 Å². The highest BCUT2D eigenvalue weighted by molar-refractivity contribution is 7.08. The van der Waals surface area contributed by atoms with Gasteiger partial charge in [-0.3, -0.25) is 9.59 Å². The first kappa shape index (κ1) is 18.4. The van der Waals surface area contributed by atoms with Crippen molar-refractivity contribution < 1.29 is 9.59 Å². The van der Waals surface area contributed by atoms with Gasteiger partial charge in [0, 0.05) is 30.5 Å². The minimum Gasteiger partial charge on any atom is -0.350 e. The minimum absolute atomic E-state index is 0.00529. The Bertz CT molecular complexity index is 609. The zero-order valence-electron chi connectivity index (χ0n) is 15.6. The van der Waals surface area contributed by atoms with Gasteiger partial charge in [0.25, 0.3) is 0 Å². The van der Waals surface area contributed by atoms with E-state index >= 15 is 0 Å². The van der Waals surface area contributed by atoms with E-state index in [9.17, 15) is 9.59 Å². The van der Waals surface area contributed by atoms with Crippen LogP contribution < -0.4 is 5.32 Å². The monoisotopic (exact) mass is 362 g/mol. The van der Waals surface area contributed by atoms with Gasteiger partial charge >= 0.3 is 0 Å². The lowest BCUT2D eigenvalue weighted by Crippen LogP contribution is -2.57. The molecule has 0 unspecified atom stereocenters. The number of hydrogen-bond acceptors (Lipinski definition) is 3. The summed E-state index contributed by atoms with van der Waals surface area (Å²) in [7, 11) is 0. The van der Waals surface area contributed by atoms with Gasteiger partial charge in [-0.1, -0.05) is 27.2 Å². The predicted octanol–water partition coefficient (Wildman–Crippen LogP) is 3.40. The number of carbonyl (C=O) groups is 2. The van der Waals surface area contributed by atoms with Gasteiger partial charge in [0.15, 0.2) is 0 Å². The average Bonchev–Trinajstić information content (AvgIpc) is 3.16. The lowest BCUT2D eigenvalue weighted by atomic mass is 9.82. The number of hydrogen-bond donors (Lipinski definition) is 1. The summed E-state index contributed by atoms with van der Waals surface area (Å²) in [6.07, 6.45) is 5.59. The van der Waals surface area contributed by atoms with Crippen molar-refractivity contribution in [2.75, 3.05) is 13.1 Å². The van der Waals surface area contributed by atoms with Crippen LogP contribution in [0.4, 0.5) is 0 Å². The maximum Gasteiger partial charge on any atom is 0.226 e. The van der Waals surface area contributed by atoms with Crippen LogP contribution in [0, 0.1) is 11.8 Å². The summed E-state index contributed by atoms with van der Waals surface area (Å²) in [5.41, 5.74) is 2.61. The number of piperidine rings is 1. The normalized spacial score (nSPS) is 19.9. The molecule has 5 heteroatoms. The van der Waals surface area contributed by atoms with E-state index in [0.29, 0.717) is 5.91 Å². The summed E-state index contributed by atoms with van der Waals surface area (Å²) >= 11 is 1.74. The molecule has 2 heterocycles. The van der Waals surface area contributed by atoms with Crippen molar-refractivity contribution in [2.45, 2.75) is 64.8 Å². The molecular weight excluding hydrogens is 332 g/mol. The van der Waals surface area contributed by atoms with Crippen LogP contribution >= 0.6 is 11.3 Å². The van der Waals surface area contributed by atoms with Crippen molar-refractivity contribution >= 4 is 23.2 Å². The third-order valence-electron chi connectivity index (χ3n) is 5.79. The number of thiophene rings is 1. The molecule has 1 aromatic rings. The molecule has 0 aromatic carbocycles. The molecule has 0 bridgehead atoms. The molecule has 1 aliphatic heterocycles. The van der Waals surface area contributed by atoms with Crippen LogP contribution in [0.5, 0.6) is 0 Å². The molecular formula is C20H30N2O2S. The number of amides is 2. The first-order chi connectivity index (χ1) is 11.9. The fourth-order valence-corrected chi connectivity index (χ4v) is 5.11. The summed E-state index contributed by atoms with van der Waals surface area (Å²) in [5, 5.41) is 7.67. The zero-order chi connectivity index (χ0) is 18.0. The maximum atomic E-state index is 12.9. The maximum absolute atomic E-state index is 12.9. The second-order valence-electron chi connectivity index (χ2n) is 8.03. The molecule has 25 heavy (non-hydrogen) atoms. The van der Waals surface area contributed by atoms with E-state index in [2.05, 4.69) is 23.0 Å². The third-order valence-corrected chi connectivity index (χ3v) is 6.63. The summed E-state index contributed by atoms with van der Waals surface area (Å²) < 4.78 is 0. The summed E-state index contributed by atoms with van der Waals surface area (Å²) in [4.78, 5) is 27.2. The van der Waals surface area contributed by atoms with E-state index < -0.39 is 0 Å². The molecule has 1 saturated heterocycles. The first-order valence-corrected chi connectivity index (χ1v) is 10.5. The molecule has 1 N–H and O–H groups in total. The van der Waals surface area contributed by atoms with E-state index in [4.69, 9.17) is 0 Å². The van der Waals surface area contributed by atoms with Crippen LogP contribution in [-0.4, -0.2) is 35.3 Å². The number of fused-ring (bicyclic) bond motifs is 1. The molecule has 2 aliphatic rings. The molecule has 138 valence electrons. The topological polar surface area (TPSA) is 49.4 Å². The molecule has 0 saturated carbocycles. The summed E-state index contributed by atoms with van der Waals surface area (Å²) in [5.74, 6) is 0.572. The quantitative estimate of drug-likeness (QED) is 0.873. The highest BCUT2D eigenvalue weighted by Crippen LogP contribution is 2.33. The second kappa shape index (κ2) is 7.48. The Morgan fingerprint density at radius 2 is 1.84 bits per heavy atom. The highest BCUT2D eigenvalue weighted by atomic mass is 32.1. The molecule has 1 fully saturated rings. The Balaban J connectivity index is 1.58. The van der Waals surface area contributed by atoms with E-state index in [1.165, 1.54) is 11.1 Å². The van der Waals surface area contributed by atoms with Gasteiger partial charge in [-0.25, -0.2) is 0 Å². The summed E-state index contributed by atoms with van der Waals surface area (Å²) in [6, 6.07) is 0. The van der Waals surface area contributed by atoms with E-state index in [1.54, 1.807) is 11.3 Å². The molecule has 1 aromatic heterocycles. The van der Waals surface area contributed by atoms with Gasteiger partial charge in [0.2, 0.25) is 11.8 Å². The lowest BCUT2D eigenvalue weighted by Gasteiger charge is -2.43. The first-order valence-electron chi connectivity index (χ1n) is 9.59. The van der Waals surface area contributed by atoms with Crippen LogP contribution in [0.25, 0.3) is 0 Å². The molecule has 0 radical (unpaired) electrons. The Morgan fingerprint density at radius 1 is 1.24 bits per heavy atom. The van der Waals surface area contributed by atoms with Crippen LogP contribution in [-0.2, 0) is 22.4 Å². The van der Waals surface area contributed by atoms with Gasteiger partial charge in [0.05, 0.1) is 0 Å². The largest absolute Gasteiger partial charge is 0.350 e. The Morgan fingerprint density at radius 3 is 2.36 bits per heavy atom. The van der Waals surface area contributed by atoms with Crippen molar-refractivity contribution in [3.8, 4) is 0 Å². The fourth-order valence-electron chi connectivity index (χ4n) is 4.22. The number of nitrogens with one attached hydrogen (secondary N) is 1. The Hall–Kier alpha value is -1.36. The Kier molecular flexibility index (Phi) is 5.52.